The Morgan fingerprint density at radius 1 is 1.44 bits per heavy atom. The highest BCUT2D eigenvalue weighted by Gasteiger charge is 2.19. The average Bonchev–Trinajstić information content (AvgIpc) is 2.38. The zero-order valence-corrected chi connectivity index (χ0v) is 10.8. The van der Waals surface area contributed by atoms with E-state index in [1.54, 1.807) is 12.1 Å². The number of benzene rings is 1. The third-order valence-electron chi connectivity index (χ3n) is 3.53. The Kier molecular flexibility index (Phi) is 4.69. The lowest BCUT2D eigenvalue weighted by Gasteiger charge is -2.33. The van der Waals surface area contributed by atoms with Crippen LogP contribution in [0.5, 0.6) is 0 Å². The van der Waals surface area contributed by atoms with Crippen LogP contribution in [0, 0.1) is 5.82 Å². The third kappa shape index (κ3) is 3.51. The zero-order valence-electron chi connectivity index (χ0n) is 10.8. The Morgan fingerprint density at radius 2 is 2.17 bits per heavy atom. The highest BCUT2D eigenvalue weighted by atomic mass is 19.1. The SMILES string of the molecule is CC1COCCN1CCC(N)c1ccc(F)cc1. The molecule has 0 aliphatic carbocycles. The number of nitrogens with two attached hydrogens (primary N) is 1. The van der Waals surface area contributed by atoms with Gasteiger partial charge in [-0.3, -0.25) is 4.90 Å². The molecule has 3 nitrogen and oxygen atoms in total. The summed E-state index contributed by atoms with van der Waals surface area (Å²) in [5.74, 6) is -0.215. The quantitative estimate of drug-likeness (QED) is 0.890. The van der Waals surface area contributed by atoms with E-state index in [1.807, 2.05) is 0 Å². The molecule has 0 amide bonds. The molecule has 2 atom stereocenters. The van der Waals surface area contributed by atoms with Gasteiger partial charge in [0.1, 0.15) is 5.82 Å². The topological polar surface area (TPSA) is 38.5 Å². The summed E-state index contributed by atoms with van der Waals surface area (Å²) in [5.41, 5.74) is 7.12. The van der Waals surface area contributed by atoms with Gasteiger partial charge in [-0.15, -0.1) is 0 Å². The van der Waals surface area contributed by atoms with Gasteiger partial charge in [-0.25, -0.2) is 4.39 Å². The number of halogens is 1. The van der Waals surface area contributed by atoms with Crippen molar-refractivity contribution in [2.24, 2.45) is 5.73 Å². The molecule has 1 aromatic rings. The minimum absolute atomic E-state index is 0.0272. The van der Waals surface area contributed by atoms with E-state index in [9.17, 15) is 4.39 Å². The van der Waals surface area contributed by atoms with E-state index in [4.69, 9.17) is 10.5 Å². The second-order valence-corrected chi connectivity index (χ2v) is 4.91. The summed E-state index contributed by atoms with van der Waals surface area (Å²) in [6, 6.07) is 6.89. The number of nitrogens with zero attached hydrogens (tertiary/aromatic N) is 1. The predicted octanol–water partition coefficient (Wildman–Crippen LogP) is 1.94. The van der Waals surface area contributed by atoms with Gasteiger partial charge in [-0.2, -0.15) is 0 Å². The molecule has 2 N–H and O–H groups in total. The summed E-state index contributed by atoms with van der Waals surface area (Å²) in [6.45, 7) is 5.70. The summed E-state index contributed by atoms with van der Waals surface area (Å²) in [4.78, 5) is 2.40. The van der Waals surface area contributed by atoms with Crippen molar-refractivity contribution in [2.75, 3.05) is 26.3 Å². The monoisotopic (exact) mass is 252 g/mol. The van der Waals surface area contributed by atoms with Crippen LogP contribution in [0.1, 0.15) is 24.9 Å². The lowest BCUT2D eigenvalue weighted by Crippen LogP contribution is -2.44. The fourth-order valence-electron chi connectivity index (χ4n) is 2.28. The Bertz CT molecular complexity index is 369. The number of hydrogen-bond acceptors (Lipinski definition) is 3. The van der Waals surface area contributed by atoms with Crippen LogP contribution in [0.15, 0.2) is 24.3 Å². The predicted molar refractivity (Wildman–Crippen MR) is 69.8 cm³/mol. The standard InChI is InChI=1S/C14H21FN2O/c1-11-10-18-9-8-17(11)7-6-14(16)12-2-4-13(15)5-3-12/h2-5,11,14H,6-10,16H2,1H3. The minimum atomic E-state index is -0.215. The number of morpholine rings is 1. The second kappa shape index (κ2) is 6.27. The van der Waals surface area contributed by atoms with Crippen LogP contribution in [-0.4, -0.2) is 37.2 Å². The first kappa shape index (κ1) is 13.5. The maximum absolute atomic E-state index is 12.8. The number of hydrogen-bond donors (Lipinski definition) is 1. The van der Waals surface area contributed by atoms with E-state index in [0.717, 1.165) is 38.3 Å². The molecular weight excluding hydrogens is 231 g/mol. The smallest absolute Gasteiger partial charge is 0.123 e. The average molecular weight is 252 g/mol. The molecule has 0 bridgehead atoms. The van der Waals surface area contributed by atoms with Gasteiger partial charge in [0.15, 0.2) is 0 Å². The van der Waals surface area contributed by atoms with Gasteiger partial charge in [-0.05, 0) is 31.0 Å². The molecule has 0 aromatic heterocycles. The van der Waals surface area contributed by atoms with E-state index in [0.29, 0.717) is 6.04 Å². The fourth-order valence-corrected chi connectivity index (χ4v) is 2.28. The van der Waals surface area contributed by atoms with E-state index in [-0.39, 0.29) is 11.9 Å². The Labute approximate surface area is 108 Å². The zero-order chi connectivity index (χ0) is 13.0. The maximum atomic E-state index is 12.8. The van der Waals surface area contributed by atoms with Crippen LogP contribution in [0.3, 0.4) is 0 Å². The van der Waals surface area contributed by atoms with Gasteiger partial charge in [0.05, 0.1) is 13.2 Å². The van der Waals surface area contributed by atoms with Crippen molar-refractivity contribution in [1.82, 2.24) is 4.90 Å². The molecule has 1 fully saturated rings. The van der Waals surface area contributed by atoms with Crippen LogP contribution in [-0.2, 0) is 4.74 Å². The van der Waals surface area contributed by atoms with Crippen molar-refractivity contribution in [3.05, 3.63) is 35.6 Å². The lowest BCUT2D eigenvalue weighted by molar-refractivity contribution is -0.00139. The fraction of sp³-hybridized carbons (Fsp3) is 0.571. The van der Waals surface area contributed by atoms with Gasteiger partial charge in [0.2, 0.25) is 0 Å². The summed E-state index contributed by atoms with van der Waals surface area (Å²) in [7, 11) is 0. The molecule has 18 heavy (non-hydrogen) atoms. The molecule has 1 saturated heterocycles. The maximum Gasteiger partial charge on any atom is 0.123 e. The first-order valence-corrected chi connectivity index (χ1v) is 6.49. The van der Waals surface area contributed by atoms with Gasteiger partial charge in [0.25, 0.3) is 0 Å². The summed E-state index contributed by atoms with van der Waals surface area (Å²) >= 11 is 0. The summed E-state index contributed by atoms with van der Waals surface area (Å²) < 4.78 is 18.2. The molecular formula is C14H21FN2O. The molecule has 1 heterocycles. The molecule has 0 saturated carbocycles. The van der Waals surface area contributed by atoms with E-state index in [1.165, 1.54) is 12.1 Å². The molecule has 2 unspecified atom stereocenters. The number of ether oxygens (including phenoxy) is 1. The third-order valence-corrected chi connectivity index (χ3v) is 3.53. The molecule has 1 aliphatic rings. The van der Waals surface area contributed by atoms with Crippen LogP contribution >= 0.6 is 0 Å². The highest BCUT2D eigenvalue weighted by Crippen LogP contribution is 2.16. The van der Waals surface area contributed by atoms with Crippen LogP contribution in [0.4, 0.5) is 4.39 Å². The van der Waals surface area contributed by atoms with Crippen LogP contribution in [0.25, 0.3) is 0 Å². The van der Waals surface area contributed by atoms with Gasteiger partial charge in [0, 0.05) is 25.2 Å². The molecule has 0 spiro atoms. The van der Waals surface area contributed by atoms with Crippen molar-refractivity contribution in [3.63, 3.8) is 0 Å². The largest absolute Gasteiger partial charge is 0.379 e. The van der Waals surface area contributed by atoms with Crippen molar-refractivity contribution in [1.29, 1.82) is 0 Å². The molecule has 2 rings (SSSR count). The Hall–Kier alpha value is -0.970. The molecule has 1 aromatic carbocycles. The normalized spacial score (nSPS) is 22.9. The lowest BCUT2D eigenvalue weighted by atomic mass is 10.0. The Morgan fingerprint density at radius 3 is 2.83 bits per heavy atom. The van der Waals surface area contributed by atoms with E-state index >= 15 is 0 Å². The van der Waals surface area contributed by atoms with Gasteiger partial charge < -0.3 is 10.5 Å². The van der Waals surface area contributed by atoms with Crippen molar-refractivity contribution >= 4 is 0 Å². The minimum Gasteiger partial charge on any atom is -0.379 e. The first-order valence-electron chi connectivity index (χ1n) is 6.49. The highest BCUT2D eigenvalue weighted by molar-refractivity contribution is 5.19. The first-order chi connectivity index (χ1) is 8.66. The van der Waals surface area contributed by atoms with Gasteiger partial charge in [-0.1, -0.05) is 12.1 Å². The molecule has 100 valence electrons. The molecule has 4 heteroatoms. The van der Waals surface area contributed by atoms with Crippen molar-refractivity contribution in [3.8, 4) is 0 Å². The van der Waals surface area contributed by atoms with E-state index in [2.05, 4.69) is 11.8 Å². The van der Waals surface area contributed by atoms with E-state index < -0.39 is 0 Å². The van der Waals surface area contributed by atoms with Gasteiger partial charge >= 0.3 is 0 Å². The summed E-state index contributed by atoms with van der Waals surface area (Å²) in [5, 5.41) is 0. The molecule has 1 aliphatic heterocycles. The second-order valence-electron chi connectivity index (χ2n) is 4.91. The Balaban J connectivity index is 1.83. The molecule has 0 radical (unpaired) electrons. The van der Waals surface area contributed by atoms with Crippen molar-refractivity contribution in [2.45, 2.75) is 25.4 Å². The van der Waals surface area contributed by atoms with Crippen molar-refractivity contribution < 1.29 is 9.13 Å². The van der Waals surface area contributed by atoms with Crippen LogP contribution in [0.2, 0.25) is 0 Å². The van der Waals surface area contributed by atoms with Crippen LogP contribution < -0.4 is 5.73 Å². The number of rotatable bonds is 4. The summed E-state index contributed by atoms with van der Waals surface area (Å²) in [6.07, 6.45) is 0.885.